The van der Waals surface area contributed by atoms with Crippen molar-refractivity contribution in [2.75, 3.05) is 6.54 Å². The maximum absolute atomic E-state index is 5.49. The third-order valence-electron chi connectivity index (χ3n) is 2.91. The van der Waals surface area contributed by atoms with Gasteiger partial charge in [0.05, 0.1) is 30.8 Å². The van der Waals surface area contributed by atoms with Gasteiger partial charge in [-0.3, -0.25) is 0 Å². The zero-order valence-electron chi connectivity index (χ0n) is 9.47. The Bertz CT molecular complexity index is 535. The monoisotopic (exact) mass is 230 g/mol. The van der Waals surface area contributed by atoms with Gasteiger partial charge >= 0.3 is 0 Å². The molecular formula is C12H14N4O. The molecule has 0 atom stereocenters. The van der Waals surface area contributed by atoms with Gasteiger partial charge in [0.1, 0.15) is 0 Å². The lowest BCUT2D eigenvalue weighted by Crippen LogP contribution is -2.02. The van der Waals surface area contributed by atoms with E-state index in [4.69, 9.17) is 10.5 Å². The predicted molar refractivity (Wildman–Crippen MR) is 62.6 cm³/mol. The summed E-state index contributed by atoms with van der Waals surface area (Å²) in [5, 5.41) is 8.18. The average Bonchev–Trinajstić information content (AvgIpc) is 2.96. The molecule has 5 heteroatoms. The van der Waals surface area contributed by atoms with Crippen LogP contribution in [0.4, 0.5) is 0 Å². The number of nitrogens with two attached hydrogens (primary N) is 1. The van der Waals surface area contributed by atoms with Crippen LogP contribution in [0.25, 0.3) is 5.69 Å². The zero-order chi connectivity index (χ0) is 11.7. The number of hydrogen-bond donors (Lipinski definition) is 1. The molecule has 0 saturated carbocycles. The Kier molecular flexibility index (Phi) is 2.62. The van der Waals surface area contributed by atoms with Crippen LogP contribution >= 0.6 is 0 Å². The van der Waals surface area contributed by atoms with Crippen molar-refractivity contribution in [3.05, 3.63) is 41.2 Å². The molecule has 0 spiro atoms. The van der Waals surface area contributed by atoms with Crippen LogP contribution in [-0.4, -0.2) is 21.5 Å². The van der Waals surface area contributed by atoms with E-state index in [-0.39, 0.29) is 0 Å². The van der Waals surface area contributed by atoms with Crippen LogP contribution in [0.15, 0.2) is 24.4 Å². The zero-order valence-corrected chi connectivity index (χ0v) is 9.47. The van der Waals surface area contributed by atoms with E-state index < -0.39 is 0 Å². The van der Waals surface area contributed by atoms with Crippen molar-refractivity contribution >= 4 is 0 Å². The second kappa shape index (κ2) is 4.27. The maximum atomic E-state index is 5.49. The molecule has 88 valence electrons. The van der Waals surface area contributed by atoms with Gasteiger partial charge in [-0.25, -0.2) is 4.68 Å². The van der Waals surface area contributed by atoms with Gasteiger partial charge in [-0.1, -0.05) is 11.3 Å². The van der Waals surface area contributed by atoms with E-state index in [9.17, 15) is 0 Å². The number of benzene rings is 1. The van der Waals surface area contributed by atoms with Crippen molar-refractivity contribution in [1.29, 1.82) is 0 Å². The van der Waals surface area contributed by atoms with E-state index in [1.807, 2.05) is 12.3 Å². The lowest BCUT2D eigenvalue weighted by molar-refractivity contribution is 0.134. The molecule has 2 N–H and O–H groups in total. The SMILES string of the molecule is NCCc1cn(-c2ccc3c(c2)COC3)nn1. The van der Waals surface area contributed by atoms with Crippen LogP contribution < -0.4 is 5.73 Å². The maximum Gasteiger partial charge on any atom is 0.0844 e. The van der Waals surface area contributed by atoms with Crippen molar-refractivity contribution in [1.82, 2.24) is 15.0 Å². The molecule has 1 aromatic heterocycles. The summed E-state index contributed by atoms with van der Waals surface area (Å²) in [5.74, 6) is 0. The topological polar surface area (TPSA) is 66.0 Å². The first kappa shape index (κ1) is 10.4. The van der Waals surface area contributed by atoms with Crippen LogP contribution in [-0.2, 0) is 24.4 Å². The van der Waals surface area contributed by atoms with Crippen LogP contribution in [0, 0.1) is 0 Å². The van der Waals surface area contributed by atoms with Crippen molar-refractivity contribution in [2.45, 2.75) is 19.6 Å². The number of rotatable bonds is 3. The molecule has 0 aliphatic carbocycles. The van der Waals surface area contributed by atoms with Crippen LogP contribution in [0.2, 0.25) is 0 Å². The highest BCUT2D eigenvalue weighted by molar-refractivity contribution is 5.40. The van der Waals surface area contributed by atoms with Gasteiger partial charge in [0.15, 0.2) is 0 Å². The van der Waals surface area contributed by atoms with Gasteiger partial charge in [0, 0.05) is 6.42 Å². The smallest absolute Gasteiger partial charge is 0.0844 e. The molecule has 1 aliphatic heterocycles. The molecule has 0 radical (unpaired) electrons. The summed E-state index contributed by atoms with van der Waals surface area (Å²) in [6.07, 6.45) is 2.68. The number of hydrogen-bond acceptors (Lipinski definition) is 4. The molecule has 0 unspecified atom stereocenters. The normalized spacial score (nSPS) is 13.9. The Hall–Kier alpha value is -1.72. The van der Waals surface area contributed by atoms with Crippen molar-refractivity contribution in [3.8, 4) is 5.69 Å². The molecule has 2 aromatic rings. The first-order valence-corrected chi connectivity index (χ1v) is 5.68. The molecule has 3 rings (SSSR count). The first-order valence-electron chi connectivity index (χ1n) is 5.68. The van der Waals surface area contributed by atoms with E-state index in [1.54, 1.807) is 4.68 Å². The molecular weight excluding hydrogens is 216 g/mol. The van der Waals surface area contributed by atoms with Gasteiger partial charge in [-0.15, -0.1) is 5.10 Å². The molecule has 5 nitrogen and oxygen atoms in total. The van der Waals surface area contributed by atoms with Crippen molar-refractivity contribution in [3.63, 3.8) is 0 Å². The highest BCUT2D eigenvalue weighted by atomic mass is 16.5. The second-order valence-electron chi connectivity index (χ2n) is 4.14. The number of aromatic nitrogens is 3. The molecule has 0 amide bonds. The third kappa shape index (κ3) is 1.94. The summed E-state index contributed by atoms with van der Waals surface area (Å²) in [7, 11) is 0. The first-order chi connectivity index (χ1) is 8.36. The number of ether oxygens (including phenoxy) is 1. The molecule has 1 aliphatic rings. The molecule has 17 heavy (non-hydrogen) atoms. The number of nitrogens with zero attached hydrogens (tertiary/aromatic N) is 3. The Balaban J connectivity index is 1.92. The minimum Gasteiger partial charge on any atom is -0.372 e. The minimum absolute atomic E-state index is 0.594. The van der Waals surface area contributed by atoms with E-state index in [1.165, 1.54) is 11.1 Å². The predicted octanol–water partition coefficient (Wildman–Crippen LogP) is 0.799. The van der Waals surface area contributed by atoms with Crippen LogP contribution in [0.1, 0.15) is 16.8 Å². The highest BCUT2D eigenvalue weighted by Gasteiger charge is 2.12. The van der Waals surface area contributed by atoms with Gasteiger partial charge < -0.3 is 10.5 Å². The van der Waals surface area contributed by atoms with Crippen LogP contribution in [0.3, 0.4) is 0 Å². The molecule has 0 fully saturated rings. The van der Waals surface area contributed by atoms with E-state index in [2.05, 4.69) is 22.4 Å². The van der Waals surface area contributed by atoms with Crippen molar-refractivity contribution < 1.29 is 4.74 Å². The Morgan fingerprint density at radius 2 is 2.18 bits per heavy atom. The van der Waals surface area contributed by atoms with Gasteiger partial charge in [0.2, 0.25) is 0 Å². The summed E-state index contributed by atoms with van der Waals surface area (Å²) < 4.78 is 7.17. The Morgan fingerprint density at radius 3 is 3.06 bits per heavy atom. The van der Waals surface area contributed by atoms with Crippen LogP contribution in [0.5, 0.6) is 0 Å². The fourth-order valence-electron chi connectivity index (χ4n) is 1.99. The molecule has 2 heterocycles. The largest absolute Gasteiger partial charge is 0.372 e. The lowest BCUT2D eigenvalue weighted by atomic mass is 10.1. The molecule has 1 aromatic carbocycles. The van der Waals surface area contributed by atoms with E-state index in [0.717, 1.165) is 17.8 Å². The quantitative estimate of drug-likeness (QED) is 0.847. The van der Waals surface area contributed by atoms with Gasteiger partial charge in [-0.05, 0) is 29.8 Å². The minimum atomic E-state index is 0.594. The Labute approximate surface area is 99.2 Å². The summed E-state index contributed by atoms with van der Waals surface area (Å²) in [6.45, 7) is 2.00. The summed E-state index contributed by atoms with van der Waals surface area (Å²) in [5.41, 5.74) is 9.92. The standard InChI is InChI=1S/C12H14N4O/c13-4-3-11-6-16(15-14-11)12-2-1-9-7-17-8-10(9)5-12/h1-2,5-6H,3-4,7-8,13H2. The Morgan fingerprint density at radius 1 is 1.29 bits per heavy atom. The summed E-state index contributed by atoms with van der Waals surface area (Å²) >= 11 is 0. The van der Waals surface area contributed by atoms with E-state index in [0.29, 0.717) is 19.8 Å². The highest BCUT2D eigenvalue weighted by Crippen LogP contribution is 2.22. The third-order valence-corrected chi connectivity index (χ3v) is 2.91. The fraction of sp³-hybridized carbons (Fsp3) is 0.333. The number of fused-ring (bicyclic) bond motifs is 1. The summed E-state index contributed by atoms with van der Waals surface area (Å²) in [4.78, 5) is 0. The molecule has 0 saturated heterocycles. The van der Waals surface area contributed by atoms with E-state index >= 15 is 0 Å². The average molecular weight is 230 g/mol. The van der Waals surface area contributed by atoms with Crippen molar-refractivity contribution in [2.24, 2.45) is 5.73 Å². The fourth-order valence-corrected chi connectivity index (χ4v) is 1.99. The lowest BCUT2D eigenvalue weighted by Gasteiger charge is -2.02. The summed E-state index contributed by atoms with van der Waals surface area (Å²) in [6, 6.07) is 6.22. The molecule has 0 bridgehead atoms. The van der Waals surface area contributed by atoms with Gasteiger partial charge in [-0.2, -0.15) is 0 Å². The second-order valence-corrected chi connectivity index (χ2v) is 4.14. The van der Waals surface area contributed by atoms with Gasteiger partial charge in [0.25, 0.3) is 0 Å².